The molecule has 0 atom stereocenters. The van der Waals surface area contributed by atoms with Gasteiger partial charge in [-0.25, -0.2) is 0 Å². The highest BCUT2D eigenvalue weighted by Crippen LogP contribution is 2.16. The van der Waals surface area contributed by atoms with Gasteiger partial charge in [-0.15, -0.1) is 0 Å². The predicted molar refractivity (Wildman–Crippen MR) is 86.4 cm³/mol. The summed E-state index contributed by atoms with van der Waals surface area (Å²) in [6.45, 7) is 5.04. The quantitative estimate of drug-likeness (QED) is 0.526. The second kappa shape index (κ2) is 9.13. The van der Waals surface area contributed by atoms with Crippen LogP contribution in [0.2, 0.25) is 0 Å². The summed E-state index contributed by atoms with van der Waals surface area (Å²) in [5, 5.41) is 13.8. The number of hydrogen-bond donors (Lipinski definition) is 3. The Labute approximate surface area is 121 Å². The van der Waals surface area contributed by atoms with E-state index in [1.54, 1.807) is 0 Å². The number of nitrogens with one attached hydrogen (secondary N) is 1. The van der Waals surface area contributed by atoms with Crippen molar-refractivity contribution in [1.29, 1.82) is 0 Å². The maximum Gasteiger partial charge on any atom is 0.103 e. The molecule has 0 unspecified atom stereocenters. The van der Waals surface area contributed by atoms with Crippen LogP contribution in [-0.4, -0.2) is 25.3 Å². The summed E-state index contributed by atoms with van der Waals surface area (Å²) in [7, 11) is 1.92. The lowest BCUT2D eigenvalue weighted by Crippen LogP contribution is -2.79. The van der Waals surface area contributed by atoms with Crippen LogP contribution in [0.15, 0.2) is 53.8 Å². The van der Waals surface area contributed by atoms with Crippen molar-refractivity contribution in [3.8, 4) is 0 Å². The van der Waals surface area contributed by atoms with Crippen LogP contribution >= 0.6 is 0 Å². The molecule has 0 fully saturated rings. The summed E-state index contributed by atoms with van der Waals surface area (Å²) in [5.74, 6) is 0. The van der Waals surface area contributed by atoms with Gasteiger partial charge in [0.05, 0.1) is 12.8 Å². The first kappa shape index (κ1) is 16.2. The van der Waals surface area contributed by atoms with Crippen LogP contribution < -0.4 is 10.6 Å². The van der Waals surface area contributed by atoms with Gasteiger partial charge in [0.2, 0.25) is 0 Å². The van der Waals surface area contributed by atoms with Crippen molar-refractivity contribution < 1.29 is 10.4 Å². The van der Waals surface area contributed by atoms with E-state index < -0.39 is 0 Å². The molecule has 0 spiro atoms. The fourth-order valence-corrected chi connectivity index (χ4v) is 1.88. The van der Waals surface area contributed by atoms with Crippen LogP contribution in [0.25, 0.3) is 6.08 Å². The summed E-state index contributed by atoms with van der Waals surface area (Å²) in [6, 6.07) is 8.34. The molecule has 1 aromatic rings. The van der Waals surface area contributed by atoms with Gasteiger partial charge >= 0.3 is 0 Å². The number of aliphatic hydroxyl groups is 1. The molecule has 4 N–H and O–H groups in total. The van der Waals surface area contributed by atoms with E-state index in [9.17, 15) is 0 Å². The van der Waals surface area contributed by atoms with Crippen LogP contribution in [0, 0.1) is 0 Å². The molecule has 0 aliphatic heterocycles. The topological polar surface area (TPSA) is 48.9 Å². The van der Waals surface area contributed by atoms with E-state index in [0.29, 0.717) is 6.54 Å². The average molecular weight is 273 g/mol. The number of quaternary nitrogens is 1. The Morgan fingerprint density at radius 3 is 2.55 bits per heavy atom. The molecule has 108 valence electrons. The SMILES string of the molecule is CC=C(C=C[NH2+]CCO)C(C)=Cc1ccc(NC)cc1. The fourth-order valence-electron chi connectivity index (χ4n) is 1.88. The van der Waals surface area contributed by atoms with Crippen molar-refractivity contribution in [2.24, 2.45) is 0 Å². The largest absolute Gasteiger partial charge is 0.391 e. The van der Waals surface area contributed by atoms with E-state index in [-0.39, 0.29) is 6.61 Å². The maximum absolute atomic E-state index is 8.74. The highest BCUT2D eigenvalue weighted by atomic mass is 16.3. The van der Waals surface area contributed by atoms with Crippen molar-refractivity contribution in [3.63, 3.8) is 0 Å². The Bertz CT molecular complexity index is 484. The lowest BCUT2D eigenvalue weighted by Gasteiger charge is -2.04. The molecule has 3 heteroatoms. The van der Waals surface area contributed by atoms with Gasteiger partial charge in [0.25, 0.3) is 0 Å². The van der Waals surface area contributed by atoms with Gasteiger partial charge in [-0.2, -0.15) is 0 Å². The lowest BCUT2D eigenvalue weighted by atomic mass is 10.0. The molecule has 1 rings (SSSR count). The molecule has 0 aliphatic carbocycles. The zero-order chi connectivity index (χ0) is 14.8. The van der Waals surface area contributed by atoms with Gasteiger partial charge in [-0.05, 0) is 48.8 Å². The Kier molecular flexibility index (Phi) is 7.40. The van der Waals surface area contributed by atoms with Crippen LogP contribution in [0.5, 0.6) is 0 Å². The van der Waals surface area contributed by atoms with Gasteiger partial charge in [0.1, 0.15) is 6.54 Å². The molecule has 0 amide bonds. The van der Waals surface area contributed by atoms with Crippen LogP contribution in [-0.2, 0) is 0 Å². The first-order chi connectivity index (χ1) is 9.71. The van der Waals surface area contributed by atoms with Crippen molar-refractivity contribution in [1.82, 2.24) is 0 Å². The number of allylic oxidation sites excluding steroid dienone is 4. The zero-order valence-electron chi connectivity index (χ0n) is 12.6. The number of hydrogen-bond acceptors (Lipinski definition) is 2. The first-order valence-electron chi connectivity index (χ1n) is 6.94. The number of aliphatic hydroxyl groups excluding tert-OH is 1. The van der Waals surface area contributed by atoms with E-state index in [2.05, 4.69) is 54.7 Å². The summed E-state index contributed by atoms with van der Waals surface area (Å²) in [4.78, 5) is 0. The molecule has 0 bridgehead atoms. The molecular weight excluding hydrogens is 248 g/mol. The second-order valence-corrected chi connectivity index (χ2v) is 4.55. The highest BCUT2D eigenvalue weighted by Gasteiger charge is 1.97. The summed E-state index contributed by atoms with van der Waals surface area (Å²) >= 11 is 0. The number of nitrogens with two attached hydrogens (primary N) is 1. The molecular formula is C17H25N2O+. The van der Waals surface area contributed by atoms with E-state index in [1.807, 2.05) is 25.5 Å². The third-order valence-electron chi connectivity index (χ3n) is 3.06. The molecule has 0 aromatic heterocycles. The smallest absolute Gasteiger partial charge is 0.103 e. The van der Waals surface area contributed by atoms with Crippen molar-refractivity contribution in [2.45, 2.75) is 13.8 Å². The maximum atomic E-state index is 8.74. The van der Waals surface area contributed by atoms with Gasteiger partial charge in [-0.1, -0.05) is 24.3 Å². The molecule has 0 aliphatic rings. The van der Waals surface area contributed by atoms with Crippen LogP contribution in [0.4, 0.5) is 5.69 Å². The first-order valence-corrected chi connectivity index (χ1v) is 6.94. The third kappa shape index (κ3) is 5.43. The summed E-state index contributed by atoms with van der Waals surface area (Å²) in [5.41, 5.74) is 4.72. The minimum atomic E-state index is 0.197. The standard InChI is InChI=1S/C17H24N2O/c1-4-16(9-10-19-11-12-20)14(2)13-15-5-7-17(18-3)8-6-15/h4-10,13,18-20H,11-12H2,1-3H3/p+1. The molecule has 0 saturated heterocycles. The monoisotopic (exact) mass is 273 g/mol. The Morgan fingerprint density at radius 1 is 1.30 bits per heavy atom. The number of rotatable bonds is 7. The van der Waals surface area contributed by atoms with E-state index in [1.165, 1.54) is 16.7 Å². The van der Waals surface area contributed by atoms with Crippen LogP contribution in [0.3, 0.4) is 0 Å². The number of benzene rings is 1. The van der Waals surface area contributed by atoms with Gasteiger partial charge in [0, 0.05) is 12.7 Å². The zero-order valence-corrected chi connectivity index (χ0v) is 12.6. The van der Waals surface area contributed by atoms with E-state index in [0.717, 1.165) is 5.69 Å². The van der Waals surface area contributed by atoms with Crippen molar-refractivity contribution in [3.05, 3.63) is 59.3 Å². The Hall–Kier alpha value is -1.84. The summed E-state index contributed by atoms with van der Waals surface area (Å²) < 4.78 is 0. The van der Waals surface area contributed by atoms with E-state index in [4.69, 9.17) is 5.11 Å². The molecule has 1 aromatic carbocycles. The highest BCUT2D eigenvalue weighted by molar-refractivity contribution is 5.61. The summed E-state index contributed by atoms with van der Waals surface area (Å²) in [6.07, 6.45) is 8.33. The lowest BCUT2D eigenvalue weighted by molar-refractivity contribution is -0.589. The van der Waals surface area contributed by atoms with Gasteiger partial charge in [0.15, 0.2) is 0 Å². The minimum absolute atomic E-state index is 0.197. The molecule has 3 nitrogen and oxygen atoms in total. The molecule has 0 saturated carbocycles. The molecule has 0 heterocycles. The fraction of sp³-hybridized carbons (Fsp3) is 0.294. The van der Waals surface area contributed by atoms with Gasteiger partial charge in [-0.3, -0.25) is 0 Å². The normalized spacial score (nSPS) is 13.0. The predicted octanol–water partition coefficient (Wildman–Crippen LogP) is 2.15. The third-order valence-corrected chi connectivity index (χ3v) is 3.06. The number of anilines is 1. The Morgan fingerprint density at radius 2 is 2.00 bits per heavy atom. The average Bonchev–Trinajstić information content (AvgIpc) is 2.48. The van der Waals surface area contributed by atoms with Crippen molar-refractivity contribution >= 4 is 11.8 Å². The Balaban J connectivity index is 2.76. The molecule has 20 heavy (non-hydrogen) atoms. The second-order valence-electron chi connectivity index (χ2n) is 4.55. The van der Waals surface area contributed by atoms with E-state index >= 15 is 0 Å². The minimum Gasteiger partial charge on any atom is -0.391 e. The van der Waals surface area contributed by atoms with Gasteiger partial charge < -0.3 is 15.7 Å². The van der Waals surface area contributed by atoms with Crippen molar-refractivity contribution in [2.75, 3.05) is 25.5 Å². The molecule has 0 radical (unpaired) electrons. The van der Waals surface area contributed by atoms with Crippen LogP contribution in [0.1, 0.15) is 19.4 Å².